The van der Waals surface area contributed by atoms with Gasteiger partial charge in [0.15, 0.2) is 5.13 Å². The minimum Gasteiger partial charge on any atom is -0.492 e. The van der Waals surface area contributed by atoms with Gasteiger partial charge in [0.25, 0.3) is 0 Å². The first-order valence-electron chi connectivity index (χ1n) is 10.2. The van der Waals surface area contributed by atoms with Crippen molar-refractivity contribution in [2.45, 2.75) is 13.5 Å². The Morgan fingerprint density at radius 1 is 1.03 bits per heavy atom. The van der Waals surface area contributed by atoms with Gasteiger partial charge in [-0.3, -0.25) is 4.99 Å². The lowest BCUT2D eigenvalue weighted by Gasteiger charge is -2.08. The summed E-state index contributed by atoms with van der Waals surface area (Å²) in [6, 6.07) is 24.0. The van der Waals surface area contributed by atoms with Crippen LogP contribution in [0.2, 0.25) is 0 Å². The third-order valence-corrected chi connectivity index (χ3v) is 6.00. The van der Waals surface area contributed by atoms with Gasteiger partial charge in [0.2, 0.25) is 5.88 Å². The van der Waals surface area contributed by atoms with Crippen LogP contribution in [0.25, 0.3) is 11.6 Å². The molecule has 0 saturated carbocycles. The van der Waals surface area contributed by atoms with Crippen LogP contribution >= 0.6 is 11.3 Å². The van der Waals surface area contributed by atoms with Crippen LogP contribution in [-0.2, 0) is 6.61 Å². The number of hydrogen-bond acceptors (Lipinski definition) is 6. The molecule has 0 fully saturated rings. The molecule has 2 heterocycles. The number of nitrogens with zero attached hydrogens (tertiary/aromatic N) is 2. The Kier molecular flexibility index (Phi) is 5.44. The third-order valence-electron chi connectivity index (χ3n) is 5.09. The van der Waals surface area contributed by atoms with Gasteiger partial charge in [-0.25, -0.2) is 0 Å². The largest absolute Gasteiger partial charge is 0.492 e. The lowest BCUT2D eigenvalue weighted by Crippen LogP contribution is -1.95. The van der Waals surface area contributed by atoms with Gasteiger partial charge in [-0.05, 0) is 48.9 Å². The van der Waals surface area contributed by atoms with E-state index in [-0.39, 0.29) is 5.88 Å². The number of anilines is 2. The van der Waals surface area contributed by atoms with Gasteiger partial charge >= 0.3 is 0 Å². The van der Waals surface area contributed by atoms with E-state index >= 15 is 0 Å². The summed E-state index contributed by atoms with van der Waals surface area (Å²) in [4.78, 5) is 9.41. The second-order valence-corrected chi connectivity index (χ2v) is 8.54. The van der Waals surface area contributed by atoms with Crippen molar-refractivity contribution in [3.63, 3.8) is 0 Å². The molecule has 1 aliphatic heterocycles. The molecule has 158 valence electrons. The van der Waals surface area contributed by atoms with Crippen molar-refractivity contribution in [3.05, 3.63) is 94.4 Å². The highest BCUT2D eigenvalue weighted by Gasteiger charge is 2.16. The van der Waals surface area contributed by atoms with Crippen LogP contribution in [-0.4, -0.2) is 16.3 Å². The van der Waals surface area contributed by atoms with Crippen LogP contribution in [0.15, 0.2) is 77.8 Å². The molecular formula is C26H21N3O2S. The molecule has 5 nitrogen and oxygen atoms in total. The highest BCUT2D eigenvalue weighted by molar-refractivity contribution is 7.16. The van der Waals surface area contributed by atoms with E-state index < -0.39 is 0 Å². The predicted octanol–water partition coefficient (Wildman–Crippen LogP) is 6.74. The zero-order valence-corrected chi connectivity index (χ0v) is 18.3. The molecule has 0 atom stereocenters. The molecule has 0 spiro atoms. The van der Waals surface area contributed by atoms with Gasteiger partial charge in [0, 0.05) is 23.0 Å². The van der Waals surface area contributed by atoms with Gasteiger partial charge in [0.1, 0.15) is 12.4 Å². The third kappa shape index (κ3) is 4.40. The Hall–Kier alpha value is -3.90. The minimum atomic E-state index is -0.00422. The minimum absolute atomic E-state index is 0.00422. The number of nitrogens with one attached hydrogen (secondary N) is 1. The summed E-state index contributed by atoms with van der Waals surface area (Å²) in [5.74, 6) is 0.773. The molecule has 1 aromatic heterocycles. The van der Waals surface area contributed by atoms with E-state index in [9.17, 15) is 5.11 Å². The van der Waals surface area contributed by atoms with E-state index in [1.165, 1.54) is 16.9 Å². The van der Waals surface area contributed by atoms with E-state index in [1.54, 1.807) is 6.21 Å². The molecule has 32 heavy (non-hydrogen) atoms. The molecule has 0 unspecified atom stereocenters. The number of ether oxygens (including phenoxy) is 1. The number of hydrogen-bond donors (Lipinski definition) is 2. The first-order chi connectivity index (χ1) is 15.6. The van der Waals surface area contributed by atoms with Crippen molar-refractivity contribution in [1.82, 2.24) is 4.98 Å². The fourth-order valence-corrected chi connectivity index (χ4v) is 4.22. The molecule has 4 aromatic rings. The highest BCUT2D eigenvalue weighted by Crippen LogP contribution is 2.38. The molecule has 0 saturated heterocycles. The van der Waals surface area contributed by atoms with Crippen molar-refractivity contribution in [2.75, 3.05) is 5.32 Å². The van der Waals surface area contributed by atoms with E-state index in [0.29, 0.717) is 16.6 Å². The summed E-state index contributed by atoms with van der Waals surface area (Å²) >= 11 is 1.39. The number of aromatic hydroxyl groups is 1. The first kappa shape index (κ1) is 20.0. The number of fused-ring (bicyclic) bond motifs is 1. The molecule has 0 radical (unpaired) electrons. The predicted molar refractivity (Wildman–Crippen MR) is 131 cm³/mol. The summed E-state index contributed by atoms with van der Waals surface area (Å²) in [7, 11) is 0. The van der Waals surface area contributed by atoms with Crippen LogP contribution in [0.4, 0.5) is 16.5 Å². The Morgan fingerprint density at radius 2 is 1.84 bits per heavy atom. The van der Waals surface area contributed by atoms with E-state index in [0.717, 1.165) is 33.8 Å². The Labute approximate surface area is 190 Å². The molecule has 2 N–H and O–H groups in total. The molecule has 1 aliphatic rings. The van der Waals surface area contributed by atoms with Crippen molar-refractivity contribution < 1.29 is 9.84 Å². The Bertz CT molecular complexity index is 1310. The average Bonchev–Trinajstić information content (AvgIpc) is 3.37. The first-order valence-corrected chi connectivity index (χ1v) is 11.1. The monoisotopic (exact) mass is 439 g/mol. The molecule has 0 amide bonds. The summed E-state index contributed by atoms with van der Waals surface area (Å²) < 4.78 is 5.97. The van der Waals surface area contributed by atoms with Crippen molar-refractivity contribution >= 4 is 45.7 Å². The zero-order valence-electron chi connectivity index (χ0n) is 17.4. The van der Waals surface area contributed by atoms with E-state index in [4.69, 9.17) is 4.74 Å². The summed E-state index contributed by atoms with van der Waals surface area (Å²) in [5.41, 5.74) is 5.99. The van der Waals surface area contributed by atoms with E-state index in [1.807, 2.05) is 85.8 Å². The van der Waals surface area contributed by atoms with Gasteiger partial charge in [0.05, 0.1) is 10.6 Å². The summed E-state index contributed by atoms with van der Waals surface area (Å²) in [5, 5.41) is 14.2. The van der Waals surface area contributed by atoms with E-state index in [2.05, 4.69) is 15.3 Å². The molecule has 0 bridgehead atoms. The van der Waals surface area contributed by atoms with Crippen LogP contribution in [0.1, 0.15) is 21.6 Å². The average molecular weight is 440 g/mol. The van der Waals surface area contributed by atoms with Gasteiger partial charge in [-0.2, -0.15) is 4.98 Å². The fraction of sp³-hybridized carbons (Fsp3) is 0.0769. The number of thiazole rings is 1. The topological polar surface area (TPSA) is 66.7 Å². The molecule has 0 aliphatic carbocycles. The number of aromatic nitrogens is 1. The molecule has 5 rings (SSSR count). The Morgan fingerprint density at radius 3 is 2.66 bits per heavy atom. The summed E-state index contributed by atoms with van der Waals surface area (Å²) in [6.45, 7) is 2.55. The number of aliphatic imine (C=N–C) groups is 1. The molecular weight excluding hydrogens is 418 g/mol. The van der Waals surface area contributed by atoms with Gasteiger partial charge in [-0.1, -0.05) is 59.4 Å². The lowest BCUT2D eigenvalue weighted by molar-refractivity contribution is 0.306. The number of aryl methyl sites for hydroxylation is 1. The highest BCUT2D eigenvalue weighted by atomic mass is 32.1. The lowest BCUT2D eigenvalue weighted by atomic mass is 10.1. The molecule has 6 heteroatoms. The maximum Gasteiger partial charge on any atom is 0.231 e. The zero-order chi connectivity index (χ0) is 21.9. The normalized spacial score (nSPS) is 13.3. The fourth-order valence-electron chi connectivity index (χ4n) is 3.39. The summed E-state index contributed by atoms with van der Waals surface area (Å²) in [6.07, 6.45) is 3.71. The van der Waals surface area contributed by atoms with Gasteiger partial charge in [-0.15, -0.1) is 0 Å². The standard InChI is InChI=1S/C26H21N3O2S/c1-17-7-9-20(10-8-17)28-26-29-25(30)24(32-26)13-19-15-27-23-12-11-21(14-22(19)23)31-16-18-5-3-2-4-6-18/h2-15,30H,16H2,1H3,(H,28,29). The van der Waals surface area contributed by atoms with Crippen LogP contribution < -0.4 is 10.1 Å². The Balaban J connectivity index is 1.35. The quantitative estimate of drug-likeness (QED) is 0.349. The van der Waals surface area contributed by atoms with Crippen LogP contribution in [0.5, 0.6) is 11.6 Å². The number of rotatable bonds is 6. The number of allylic oxidation sites excluding steroid dienone is 1. The number of benzene rings is 3. The maximum absolute atomic E-state index is 10.4. The second kappa shape index (κ2) is 8.69. The molecule has 3 aromatic carbocycles. The van der Waals surface area contributed by atoms with Crippen LogP contribution in [0, 0.1) is 6.92 Å². The second-order valence-electron chi connectivity index (χ2n) is 7.51. The van der Waals surface area contributed by atoms with Crippen molar-refractivity contribution in [1.29, 1.82) is 0 Å². The van der Waals surface area contributed by atoms with Crippen molar-refractivity contribution in [2.24, 2.45) is 4.99 Å². The van der Waals surface area contributed by atoms with Crippen LogP contribution in [0.3, 0.4) is 0 Å². The van der Waals surface area contributed by atoms with Crippen molar-refractivity contribution in [3.8, 4) is 11.6 Å². The van der Waals surface area contributed by atoms with Gasteiger partial charge < -0.3 is 15.2 Å². The maximum atomic E-state index is 10.4. The SMILES string of the molecule is Cc1ccc(Nc2nc(O)c(C=C3C=Nc4ccc(OCc5ccccc5)cc43)s2)cc1. The smallest absolute Gasteiger partial charge is 0.231 e.